The van der Waals surface area contributed by atoms with Crippen LogP contribution in [0.3, 0.4) is 0 Å². The number of carbonyl (C=O) groups is 1. The van der Waals surface area contributed by atoms with Crippen LogP contribution in [0.5, 0.6) is 0 Å². The molecule has 0 saturated heterocycles. The van der Waals surface area contributed by atoms with Crippen molar-refractivity contribution in [3.05, 3.63) is 0 Å². The molecule has 0 aliphatic rings. The fraction of sp³-hybridized carbons (Fsp3) is 0.800. The molecule has 0 amide bonds. The summed E-state index contributed by atoms with van der Waals surface area (Å²) in [4.78, 5) is 9.76. The third kappa shape index (κ3) is 5.47. The zero-order valence-electron chi connectivity index (χ0n) is 4.48. The smallest absolute Gasteiger partial charge is 0.303 e. The Morgan fingerprint density at radius 1 is 1.71 bits per heavy atom. The molecule has 1 N–H and O–H groups in total. The number of unbranched alkanes of at least 4 members (excludes halogenated alkanes) is 1. The topological polar surface area (TPSA) is 37.3 Å². The van der Waals surface area contributed by atoms with E-state index < -0.39 is 5.97 Å². The molecule has 2 nitrogen and oxygen atoms in total. The van der Waals surface area contributed by atoms with Crippen molar-refractivity contribution >= 4 is 5.97 Å². The Kier molecular flexibility index (Phi) is 3.38. The second-order valence-corrected chi connectivity index (χ2v) is 1.50. The highest BCUT2D eigenvalue weighted by atomic mass is 16.3. The van der Waals surface area contributed by atoms with Gasteiger partial charge in [-0.25, -0.2) is 0 Å². The molecule has 0 spiro atoms. The summed E-state index contributed by atoms with van der Waals surface area (Å²) in [6.45, 7) is 1.98. The molecule has 42 valence electrons. The summed E-state index contributed by atoms with van der Waals surface area (Å²) in [5.74, 6) is -0.693. The molecular formula is C5H10O2. The van der Waals surface area contributed by atoms with E-state index in [1.54, 1.807) is 0 Å². The van der Waals surface area contributed by atoms with Gasteiger partial charge in [0.1, 0.15) is 0 Å². The molecule has 0 atom stereocenters. The van der Waals surface area contributed by atoms with Gasteiger partial charge in [-0.05, 0) is 6.42 Å². The molecule has 0 aromatic heterocycles. The molecule has 0 aromatic carbocycles. The maximum absolute atomic E-state index is 9.76. The fourth-order valence-corrected chi connectivity index (χ4v) is 0.328. The standard InChI is InChI=1S/C5H10O2/c1-2-3-4-5(6)7/h2-4H2,1H3,(H,6,7)/i5-1. The Bertz CT molecular complexity index is 59.1. The maximum Gasteiger partial charge on any atom is 0.303 e. The summed E-state index contributed by atoms with van der Waals surface area (Å²) < 4.78 is 0. The number of carboxylic acid groups (broad SMARTS) is 1. The van der Waals surface area contributed by atoms with Crippen molar-refractivity contribution in [2.75, 3.05) is 0 Å². The van der Waals surface area contributed by atoms with Crippen LogP contribution in [0.25, 0.3) is 0 Å². The second kappa shape index (κ2) is 3.65. The zero-order valence-corrected chi connectivity index (χ0v) is 4.48. The van der Waals surface area contributed by atoms with Crippen molar-refractivity contribution in [1.82, 2.24) is 0 Å². The van der Waals surface area contributed by atoms with Crippen molar-refractivity contribution in [1.29, 1.82) is 0 Å². The maximum atomic E-state index is 9.76. The highest BCUT2D eigenvalue weighted by Gasteiger charge is 1.90. The van der Waals surface area contributed by atoms with Crippen LogP contribution >= 0.6 is 0 Å². The van der Waals surface area contributed by atoms with Gasteiger partial charge in [0, 0.05) is 6.42 Å². The highest BCUT2D eigenvalue weighted by Crippen LogP contribution is 1.91. The Labute approximate surface area is 43.2 Å². The minimum Gasteiger partial charge on any atom is -0.481 e. The van der Waals surface area contributed by atoms with Crippen LogP contribution in [0.2, 0.25) is 0 Å². The molecule has 0 unspecified atom stereocenters. The van der Waals surface area contributed by atoms with Crippen molar-refractivity contribution in [3.63, 3.8) is 0 Å². The molecule has 0 heterocycles. The summed E-state index contributed by atoms with van der Waals surface area (Å²) in [5.41, 5.74) is 0. The monoisotopic (exact) mass is 101 g/mol. The minimum absolute atomic E-state index is 0.316. The number of hydrogen-bond acceptors (Lipinski definition) is 1. The first-order valence-corrected chi connectivity index (χ1v) is 2.49. The average molecular weight is 101 g/mol. The Morgan fingerprint density at radius 3 is 2.43 bits per heavy atom. The van der Waals surface area contributed by atoms with E-state index in [0.29, 0.717) is 6.42 Å². The predicted octanol–water partition coefficient (Wildman–Crippen LogP) is 1.26. The van der Waals surface area contributed by atoms with Gasteiger partial charge in [0.2, 0.25) is 0 Å². The third-order valence-corrected chi connectivity index (χ3v) is 0.744. The van der Waals surface area contributed by atoms with Crippen molar-refractivity contribution in [2.24, 2.45) is 0 Å². The normalized spacial score (nSPS) is 8.71. The van der Waals surface area contributed by atoms with Crippen LogP contribution in [-0.4, -0.2) is 11.1 Å². The first-order valence-electron chi connectivity index (χ1n) is 2.49. The van der Waals surface area contributed by atoms with Crippen LogP contribution in [0.1, 0.15) is 26.2 Å². The molecule has 2 heteroatoms. The summed E-state index contributed by atoms with van der Waals surface area (Å²) in [5, 5.41) is 8.04. The van der Waals surface area contributed by atoms with Crippen molar-refractivity contribution in [2.45, 2.75) is 26.2 Å². The SMILES string of the molecule is CCCC[11C](=O)O. The van der Waals surface area contributed by atoms with Gasteiger partial charge >= 0.3 is 5.97 Å². The van der Waals surface area contributed by atoms with Crippen LogP contribution in [0.15, 0.2) is 0 Å². The summed E-state index contributed by atoms with van der Waals surface area (Å²) in [6.07, 6.45) is 2.08. The molecule has 7 heavy (non-hydrogen) atoms. The third-order valence-electron chi connectivity index (χ3n) is 0.744. The molecular weight excluding hydrogens is 91.1 g/mol. The van der Waals surface area contributed by atoms with Crippen LogP contribution < -0.4 is 0 Å². The van der Waals surface area contributed by atoms with Gasteiger partial charge in [-0.3, -0.25) is 4.79 Å². The number of aliphatic carboxylic acids is 1. The summed E-state index contributed by atoms with van der Waals surface area (Å²) in [6, 6.07) is 0. The summed E-state index contributed by atoms with van der Waals surface area (Å²) >= 11 is 0. The van der Waals surface area contributed by atoms with E-state index in [4.69, 9.17) is 5.11 Å². The Hall–Kier alpha value is -0.530. The van der Waals surface area contributed by atoms with E-state index in [1.807, 2.05) is 6.92 Å². The highest BCUT2D eigenvalue weighted by molar-refractivity contribution is 5.66. The van der Waals surface area contributed by atoms with E-state index in [2.05, 4.69) is 0 Å². The number of hydrogen-bond donors (Lipinski definition) is 1. The van der Waals surface area contributed by atoms with Crippen LogP contribution in [0.4, 0.5) is 0 Å². The first kappa shape index (κ1) is 6.47. The molecule has 0 saturated carbocycles. The fourth-order valence-electron chi connectivity index (χ4n) is 0.328. The van der Waals surface area contributed by atoms with E-state index in [1.165, 1.54) is 0 Å². The Balaban J connectivity index is 2.82. The van der Waals surface area contributed by atoms with Gasteiger partial charge in [0.15, 0.2) is 0 Å². The van der Waals surface area contributed by atoms with Gasteiger partial charge in [0.25, 0.3) is 0 Å². The largest absolute Gasteiger partial charge is 0.481 e. The lowest BCUT2D eigenvalue weighted by Crippen LogP contribution is -1.91. The van der Waals surface area contributed by atoms with Gasteiger partial charge in [-0.2, -0.15) is 0 Å². The van der Waals surface area contributed by atoms with E-state index in [9.17, 15) is 4.79 Å². The van der Waals surface area contributed by atoms with Crippen LogP contribution in [-0.2, 0) is 4.79 Å². The van der Waals surface area contributed by atoms with Crippen molar-refractivity contribution in [3.8, 4) is 0 Å². The number of carboxylic acids is 1. The molecule has 0 fully saturated rings. The van der Waals surface area contributed by atoms with Gasteiger partial charge in [0.05, 0.1) is 0 Å². The molecule has 0 aliphatic heterocycles. The lowest BCUT2D eigenvalue weighted by molar-refractivity contribution is -0.137. The quantitative estimate of drug-likeness (QED) is 0.581. The lowest BCUT2D eigenvalue weighted by atomic mass is 9.99. The van der Waals surface area contributed by atoms with E-state index in [0.717, 1.165) is 12.8 Å². The van der Waals surface area contributed by atoms with Gasteiger partial charge in [-0.15, -0.1) is 0 Å². The first-order chi connectivity index (χ1) is 3.27. The average Bonchev–Trinajstić information content (AvgIpc) is 1.61. The van der Waals surface area contributed by atoms with Crippen LogP contribution in [0, 0.1) is 0 Å². The molecule has 0 radical (unpaired) electrons. The molecule has 0 aliphatic carbocycles. The second-order valence-electron chi connectivity index (χ2n) is 1.50. The molecule has 0 aromatic rings. The van der Waals surface area contributed by atoms with Crippen molar-refractivity contribution < 1.29 is 9.90 Å². The summed E-state index contributed by atoms with van der Waals surface area (Å²) in [7, 11) is 0. The van der Waals surface area contributed by atoms with Gasteiger partial charge < -0.3 is 5.11 Å². The predicted molar refractivity (Wildman–Crippen MR) is 27.2 cm³/mol. The zero-order chi connectivity index (χ0) is 5.70. The van der Waals surface area contributed by atoms with E-state index >= 15 is 0 Å². The van der Waals surface area contributed by atoms with E-state index in [-0.39, 0.29) is 0 Å². The van der Waals surface area contributed by atoms with Gasteiger partial charge in [-0.1, -0.05) is 13.3 Å². The number of rotatable bonds is 3. The molecule has 0 bridgehead atoms. The Morgan fingerprint density at radius 2 is 2.29 bits per heavy atom. The molecule has 0 rings (SSSR count). The minimum atomic E-state index is -0.693. The lowest BCUT2D eigenvalue weighted by Gasteiger charge is -1.85.